The van der Waals surface area contributed by atoms with E-state index in [9.17, 15) is 8.42 Å². The molecule has 226 valence electrons. The average molecular weight is 615 g/mol. The molecule has 5 rings (SSSR count). The van der Waals surface area contributed by atoms with Gasteiger partial charge in [0.1, 0.15) is 10.8 Å². The molecule has 11 nitrogen and oxygen atoms in total. The van der Waals surface area contributed by atoms with Crippen LogP contribution >= 0.6 is 11.6 Å². The molecule has 2 fully saturated rings. The van der Waals surface area contributed by atoms with Crippen LogP contribution in [0.1, 0.15) is 12.8 Å². The number of piperazine rings is 1. The lowest BCUT2D eigenvalue weighted by Crippen LogP contribution is -2.48. The molecule has 1 aromatic heterocycles. The number of benzene rings is 2. The smallest absolute Gasteiger partial charge is 0.232 e. The molecule has 3 aromatic rings. The summed E-state index contributed by atoms with van der Waals surface area (Å²) in [5.74, 6) is 2.13. The van der Waals surface area contributed by atoms with E-state index in [4.69, 9.17) is 16.3 Å². The van der Waals surface area contributed by atoms with E-state index in [2.05, 4.69) is 41.8 Å². The highest BCUT2D eigenvalue weighted by Gasteiger charge is 2.22. The molecule has 2 aliphatic heterocycles. The Bertz CT molecular complexity index is 1480. The summed E-state index contributed by atoms with van der Waals surface area (Å²) in [6.45, 7) is 7.55. The van der Waals surface area contributed by atoms with Gasteiger partial charge in [-0.1, -0.05) is 23.7 Å². The molecule has 42 heavy (non-hydrogen) atoms. The van der Waals surface area contributed by atoms with Crippen molar-refractivity contribution in [2.75, 3.05) is 86.1 Å². The number of anilines is 6. The van der Waals surface area contributed by atoms with E-state index in [0.29, 0.717) is 33.9 Å². The lowest BCUT2D eigenvalue weighted by Gasteiger charge is -2.38. The lowest BCUT2D eigenvalue weighted by molar-refractivity contribution is 0.196. The summed E-state index contributed by atoms with van der Waals surface area (Å²) in [6, 6.07) is 13.1. The summed E-state index contributed by atoms with van der Waals surface area (Å²) in [5.41, 5.74) is 2.84. The highest BCUT2D eigenvalue weighted by molar-refractivity contribution is 7.92. The van der Waals surface area contributed by atoms with Crippen molar-refractivity contribution < 1.29 is 13.2 Å². The third kappa shape index (κ3) is 7.35. The topological polar surface area (TPSA) is 115 Å². The highest BCUT2D eigenvalue weighted by atomic mass is 35.5. The first kappa shape index (κ1) is 30.1. The maximum Gasteiger partial charge on any atom is 0.232 e. The largest absolute Gasteiger partial charge is 0.494 e. The summed E-state index contributed by atoms with van der Waals surface area (Å²) < 4.78 is 31.2. The number of nitrogens with one attached hydrogen (secondary N) is 3. The van der Waals surface area contributed by atoms with Gasteiger partial charge in [-0.15, -0.1) is 0 Å². The number of para-hydroxylation sites is 2. The molecule has 2 saturated heterocycles. The molecule has 0 radical (unpaired) electrons. The first-order valence-electron chi connectivity index (χ1n) is 14.2. The first-order chi connectivity index (χ1) is 20.2. The number of halogens is 1. The van der Waals surface area contributed by atoms with Crippen molar-refractivity contribution in [3.05, 3.63) is 53.7 Å². The Balaban J connectivity index is 1.26. The molecule has 2 aliphatic rings. The van der Waals surface area contributed by atoms with Gasteiger partial charge in [0.05, 0.1) is 36.6 Å². The van der Waals surface area contributed by atoms with E-state index in [-0.39, 0.29) is 0 Å². The van der Waals surface area contributed by atoms with E-state index < -0.39 is 10.0 Å². The minimum Gasteiger partial charge on any atom is -0.494 e. The van der Waals surface area contributed by atoms with Crippen LogP contribution in [-0.2, 0) is 10.0 Å². The molecule has 0 amide bonds. The van der Waals surface area contributed by atoms with Crippen LogP contribution in [0.25, 0.3) is 0 Å². The maximum atomic E-state index is 12.2. The fourth-order valence-electron chi connectivity index (χ4n) is 5.39. The summed E-state index contributed by atoms with van der Waals surface area (Å²) in [6.07, 6.45) is 5.19. The number of aromatic nitrogens is 2. The molecular formula is C29H39ClN8O3S. The summed E-state index contributed by atoms with van der Waals surface area (Å²) in [7, 11) is -0.324. The molecule has 3 heterocycles. The number of nitrogens with zero attached hydrogens (tertiary/aromatic N) is 5. The molecule has 13 heteroatoms. The van der Waals surface area contributed by atoms with Gasteiger partial charge in [-0.2, -0.15) is 4.98 Å². The van der Waals surface area contributed by atoms with Gasteiger partial charge in [0.25, 0.3) is 0 Å². The maximum absolute atomic E-state index is 12.2. The Kier molecular flexibility index (Phi) is 9.57. The predicted octanol–water partition coefficient (Wildman–Crippen LogP) is 4.14. The van der Waals surface area contributed by atoms with Crippen molar-refractivity contribution in [3.63, 3.8) is 0 Å². The van der Waals surface area contributed by atoms with Gasteiger partial charge in [-0.05, 0) is 56.1 Å². The number of hydrogen-bond acceptors (Lipinski definition) is 10. The van der Waals surface area contributed by atoms with Gasteiger partial charge >= 0.3 is 0 Å². The van der Waals surface area contributed by atoms with Crippen molar-refractivity contribution in [2.45, 2.75) is 12.8 Å². The Morgan fingerprint density at radius 2 is 1.81 bits per heavy atom. The van der Waals surface area contributed by atoms with E-state index in [1.807, 2.05) is 12.1 Å². The normalized spacial score (nSPS) is 16.7. The number of methoxy groups -OCH3 is 1. The summed E-state index contributed by atoms with van der Waals surface area (Å²) in [4.78, 5) is 13.9. The van der Waals surface area contributed by atoms with E-state index in [1.165, 1.54) is 36.9 Å². The first-order valence-corrected chi connectivity index (χ1v) is 16.4. The second-order valence-corrected chi connectivity index (χ2v) is 13.2. The fourth-order valence-corrected chi connectivity index (χ4v) is 6.05. The van der Waals surface area contributed by atoms with E-state index >= 15 is 0 Å². The Hall–Kier alpha value is -3.32. The lowest BCUT2D eigenvalue weighted by atomic mass is 9.97. The molecule has 3 N–H and O–H groups in total. The van der Waals surface area contributed by atoms with Crippen LogP contribution in [0.3, 0.4) is 0 Å². The number of hydrogen-bond donors (Lipinski definition) is 3. The molecule has 0 spiro atoms. The van der Waals surface area contributed by atoms with Gasteiger partial charge in [-0.3, -0.25) is 9.21 Å². The standard InChI is InChI=1S/C29H39ClN8O3S/c1-36(42(3,39)40)26-7-5-4-6-24(26)33-28-23(30)19-32-29(35-28)34-25-9-8-22(18-27(25)41-2)38-16-14-37(15-17-38)20-21-10-12-31-13-11-21/h4-9,18-19,21,31H,10-17,20H2,1-3H3,(H2,32,33,34,35). The monoisotopic (exact) mass is 614 g/mol. The molecule has 0 bridgehead atoms. The SMILES string of the molecule is COc1cc(N2CCN(CC3CCNCC3)CC2)ccc1Nc1ncc(Cl)c(Nc2ccccc2N(C)S(C)(=O)=O)n1. The summed E-state index contributed by atoms with van der Waals surface area (Å²) >= 11 is 6.42. The third-order valence-electron chi connectivity index (χ3n) is 7.88. The van der Waals surface area contributed by atoms with E-state index in [1.54, 1.807) is 31.4 Å². The van der Waals surface area contributed by atoms with E-state index in [0.717, 1.165) is 62.8 Å². The number of sulfonamides is 1. The van der Waals surface area contributed by atoms with Crippen molar-refractivity contribution in [3.8, 4) is 5.75 Å². The van der Waals surface area contributed by atoms with Gasteiger partial charge in [0.15, 0.2) is 5.82 Å². The number of piperidine rings is 1. The van der Waals surface area contributed by atoms with Crippen LogP contribution in [0.15, 0.2) is 48.7 Å². The van der Waals surface area contributed by atoms with Crippen molar-refractivity contribution in [1.29, 1.82) is 0 Å². The molecular weight excluding hydrogens is 576 g/mol. The van der Waals surface area contributed by atoms with Gasteiger partial charge in [0, 0.05) is 51.5 Å². The molecule has 2 aromatic carbocycles. The zero-order chi connectivity index (χ0) is 29.7. The molecule has 0 unspecified atom stereocenters. The molecule has 0 aliphatic carbocycles. The van der Waals surface area contributed by atoms with Gasteiger partial charge < -0.3 is 25.6 Å². The van der Waals surface area contributed by atoms with Crippen LogP contribution in [0, 0.1) is 5.92 Å². The highest BCUT2D eigenvalue weighted by Crippen LogP contribution is 2.34. The minimum atomic E-state index is -3.46. The Morgan fingerprint density at radius 1 is 1.07 bits per heavy atom. The number of ether oxygens (including phenoxy) is 1. The Labute approximate surface area is 253 Å². The molecule has 0 saturated carbocycles. The van der Waals surface area contributed by atoms with Crippen LogP contribution in [0.4, 0.5) is 34.5 Å². The second-order valence-electron chi connectivity index (χ2n) is 10.8. The van der Waals surface area contributed by atoms with Crippen LogP contribution in [0.5, 0.6) is 5.75 Å². The molecule has 0 atom stereocenters. The minimum absolute atomic E-state index is 0.291. The number of rotatable bonds is 10. The van der Waals surface area contributed by atoms with Crippen molar-refractivity contribution in [2.24, 2.45) is 5.92 Å². The zero-order valence-corrected chi connectivity index (χ0v) is 25.9. The van der Waals surface area contributed by atoms with Crippen LogP contribution in [-0.4, -0.2) is 89.5 Å². The third-order valence-corrected chi connectivity index (χ3v) is 9.35. The second kappa shape index (κ2) is 13.3. The van der Waals surface area contributed by atoms with Gasteiger partial charge in [0.2, 0.25) is 16.0 Å². The quantitative estimate of drug-likeness (QED) is 0.308. The van der Waals surface area contributed by atoms with Crippen molar-refractivity contribution in [1.82, 2.24) is 20.2 Å². The summed E-state index contributed by atoms with van der Waals surface area (Å²) in [5, 5.41) is 10.1. The van der Waals surface area contributed by atoms with Gasteiger partial charge in [-0.25, -0.2) is 13.4 Å². The predicted molar refractivity (Wildman–Crippen MR) is 171 cm³/mol. The fraction of sp³-hybridized carbons (Fsp3) is 0.448. The van der Waals surface area contributed by atoms with Crippen molar-refractivity contribution >= 4 is 56.1 Å². The van der Waals surface area contributed by atoms with Crippen LogP contribution < -0.4 is 29.9 Å². The average Bonchev–Trinajstić information content (AvgIpc) is 2.99. The van der Waals surface area contributed by atoms with Crippen LogP contribution in [0.2, 0.25) is 5.02 Å². The Morgan fingerprint density at radius 3 is 2.52 bits per heavy atom. The zero-order valence-electron chi connectivity index (χ0n) is 24.3.